The molecular weight excluding hydrogens is 220 g/mol. The molecule has 1 atom stereocenters. The van der Waals surface area contributed by atoms with Gasteiger partial charge in [0.2, 0.25) is 12.1 Å². The molecule has 0 spiro atoms. The predicted molar refractivity (Wildman–Crippen MR) is 52.4 cm³/mol. The number of rotatable bonds is 5. The molecule has 6 nitrogen and oxygen atoms in total. The molecule has 1 rings (SSSR count). The van der Waals surface area contributed by atoms with Crippen LogP contribution in [0.25, 0.3) is 0 Å². The van der Waals surface area contributed by atoms with Gasteiger partial charge in [-0.15, -0.1) is 0 Å². The molecule has 2 N–H and O–H groups in total. The standard InChI is InChI=1S/C8H10N2O4S/c1-14-7(8(12)13)10-6(11)4-5-2-3-9-15-5/h2-3,7H,4H2,1H3,(H,10,11)(H,12,13). The van der Waals surface area contributed by atoms with Crippen LogP contribution < -0.4 is 5.32 Å². The van der Waals surface area contributed by atoms with E-state index in [1.54, 1.807) is 12.3 Å². The third kappa shape index (κ3) is 3.64. The van der Waals surface area contributed by atoms with E-state index in [-0.39, 0.29) is 6.42 Å². The highest BCUT2D eigenvalue weighted by Gasteiger charge is 2.18. The molecular formula is C8H10N2O4S. The van der Waals surface area contributed by atoms with E-state index in [1.807, 2.05) is 0 Å². The number of carbonyl (C=O) groups is 2. The Morgan fingerprint density at radius 1 is 1.73 bits per heavy atom. The summed E-state index contributed by atoms with van der Waals surface area (Å²) in [6, 6.07) is 1.70. The van der Waals surface area contributed by atoms with Crippen molar-refractivity contribution in [3.63, 3.8) is 0 Å². The molecule has 7 heteroatoms. The van der Waals surface area contributed by atoms with Crippen molar-refractivity contribution < 1.29 is 19.4 Å². The lowest BCUT2D eigenvalue weighted by Gasteiger charge is -2.11. The van der Waals surface area contributed by atoms with Crippen LogP contribution in [0.3, 0.4) is 0 Å². The van der Waals surface area contributed by atoms with Gasteiger partial charge in [-0.3, -0.25) is 4.79 Å². The van der Waals surface area contributed by atoms with Crippen molar-refractivity contribution in [2.75, 3.05) is 7.11 Å². The lowest BCUT2D eigenvalue weighted by molar-refractivity contribution is -0.153. The average molecular weight is 230 g/mol. The van der Waals surface area contributed by atoms with E-state index in [4.69, 9.17) is 5.11 Å². The maximum absolute atomic E-state index is 11.3. The Kier molecular flexibility index (Phi) is 4.19. The first-order valence-electron chi connectivity index (χ1n) is 4.08. The van der Waals surface area contributed by atoms with Crippen LogP contribution in [0.5, 0.6) is 0 Å². The number of hydrogen-bond donors (Lipinski definition) is 2. The Morgan fingerprint density at radius 3 is 2.93 bits per heavy atom. The van der Waals surface area contributed by atoms with Crippen LogP contribution in [0.15, 0.2) is 12.3 Å². The summed E-state index contributed by atoms with van der Waals surface area (Å²) in [5, 5.41) is 10.8. The molecule has 0 saturated heterocycles. The lowest BCUT2D eigenvalue weighted by Crippen LogP contribution is -2.42. The van der Waals surface area contributed by atoms with Gasteiger partial charge in [-0.2, -0.15) is 0 Å². The highest BCUT2D eigenvalue weighted by molar-refractivity contribution is 7.05. The summed E-state index contributed by atoms with van der Waals surface area (Å²) >= 11 is 1.20. The number of amides is 1. The Balaban J connectivity index is 2.45. The number of nitrogens with zero attached hydrogens (tertiary/aromatic N) is 1. The minimum atomic E-state index is -1.30. The van der Waals surface area contributed by atoms with E-state index in [2.05, 4.69) is 14.4 Å². The van der Waals surface area contributed by atoms with Crippen molar-refractivity contribution in [3.8, 4) is 0 Å². The number of carboxylic acid groups (broad SMARTS) is 1. The second-order valence-electron chi connectivity index (χ2n) is 2.68. The quantitative estimate of drug-likeness (QED) is 0.687. The summed E-state index contributed by atoms with van der Waals surface area (Å²) in [6.07, 6.45) is 0.390. The number of carbonyl (C=O) groups excluding carboxylic acids is 1. The van der Waals surface area contributed by atoms with Crippen LogP contribution in [-0.2, 0) is 20.7 Å². The second-order valence-corrected chi connectivity index (χ2v) is 3.59. The van der Waals surface area contributed by atoms with Gasteiger partial charge in [-0.25, -0.2) is 9.17 Å². The predicted octanol–water partition coefficient (Wildman–Crippen LogP) is -0.141. The minimum Gasteiger partial charge on any atom is -0.478 e. The largest absolute Gasteiger partial charge is 0.478 e. The summed E-state index contributed by atoms with van der Waals surface area (Å²) in [4.78, 5) is 22.6. The monoisotopic (exact) mass is 230 g/mol. The highest BCUT2D eigenvalue weighted by Crippen LogP contribution is 2.05. The molecule has 1 unspecified atom stereocenters. The molecule has 0 bridgehead atoms. The Bertz CT molecular complexity index is 338. The normalized spacial score (nSPS) is 12.1. The Morgan fingerprint density at radius 2 is 2.47 bits per heavy atom. The van der Waals surface area contributed by atoms with Gasteiger partial charge in [0.25, 0.3) is 0 Å². The van der Waals surface area contributed by atoms with Gasteiger partial charge in [-0.05, 0) is 17.6 Å². The summed E-state index contributed by atoms with van der Waals surface area (Å²) in [5.74, 6) is -1.64. The molecule has 15 heavy (non-hydrogen) atoms. The topological polar surface area (TPSA) is 88.5 Å². The van der Waals surface area contributed by atoms with Crippen LogP contribution in [0.1, 0.15) is 4.88 Å². The van der Waals surface area contributed by atoms with Gasteiger partial charge < -0.3 is 15.2 Å². The minimum absolute atomic E-state index is 0.109. The number of aromatic nitrogens is 1. The van der Waals surface area contributed by atoms with Crippen LogP contribution in [0.4, 0.5) is 0 Å². The lowest BCUT2D eigenvalue weighted by atomic mass is 10.3. The molecule has 0 aromatic carbocycles. The summed E-state index contributed by atoms with van der Waals surface area (Å²) in [7, 11) is 1.21. The van der Waals surface area contributed by atoms with Gasteiger partial charge in [0.05, 0.1) is 6.42 Å². The Hall–Kier alpha value is -1.47. The number of carboxylic acids is 1. The van der Waals surface area contributed by atoms with Crippen molar-refractivity contribution in [3.05, 3.63) is 17.1 Å². The fourth-order valence-corrected chi connectivity index (χ4v) is 1.48. The summed E-state index contributed by atoms with van der Waals surface area (Å²) in [6.45, 7) is 0. The van der Waals surface area contributed by atoms with Crippen molar-refractivity contribution in [2.45, 2.75) is 12.6 Å². The van der Waals surface area contributed by atoms with E-state index in [1.165, 1.54) is 18.6 Å². The van der Waals surface area contributed by atoms with Crippen molar-refractivity contribution >= 4 is 23.4 Å². The van der Waals surface area contributed by atoms with E-state index in [9.17, 15) is 9.59 Å². The molecule has 0 aliphatic heterocycles. The van der Waals surface area contributed by atoms with Gasteiger partial charge >= 0.3 is 5.97 Å². The number of methoxy groups -OCH3 is 1. The zero-order chi connectivity index (χ0) is 11.3. The SMILES string of the molecule is COC(NC(=O)Cc1ccns1)C(=O)O. The molecule has 1 heterocycles. The van der Waals surface area contributed by atoms with Crippen LogP contribution in [-0.4, -0.2) is 34.7 Å². The van der Waals surface area contributed by atoms with E-state index in [0.717, 1.165) is 4.88 Å². The molecule has 1 aromatic rings. The third-order valence-corrected chi connectivity index (χ3v) is 2.32. The number of aliphatic carboxylic acids is 1. The van der Waals surface area contributed by atoms with Crippen molar-refractivity contribution in [1.82, 2.24) is 9.69 Å². The average Bonchev–Trinajstić information content (AvgIpc) is 2.66. The summed E-state index contributed by atoms with van der Waals surface area (Å²) in [5.41, 5.74) is 0. The van der Waals surface area contributed by atoms with Crippen LogP contribution in [0, 0.1) is 0 Å². The first-order chi connectivity index (χ1) is 7.13. The first-order valence-corrected chi connectivity index (χ1v) is 4.85. The second kappa shape index (κ2) is 5.42. The highest BCUT2D eigenvalue weighted by atomic mass is 32.1. The third-order valence-electron chi connectivity index (χ3n) is 1.58. The van der Waals surface area contributed by atoms with E-state index < -0.39 is 18.1 Å². The van der Waals surface area contributed by atoms with Gasteiger partial charge in [0.1, 0.15) is 0 Å². The number of ether oxygens (including phenoxy) is 1. The van der Waals surface area contributed by atoms with Gasteiger partial charge in [0, 0.05) is 18.2 Å². The molecule has 0 aliphatic rings. The van der Waals surface area contributed by atoms with Crippen molar-refractivity contribution in [2.24, 2.45) is 0 Å². The van der Waals surface area contributed by atoms with E-state index in [0.29, 0.717) is 0 Å². The summed E-state index contributed by atoms with van der Waals surface area (Å²) < 4.78 is 8.38. The van der Waals surface area contributed by atoms with E-state index >= 15 is 0 Å². The van der Waals surface area contributed by atoms with Crippen LogP contribution >= 0.6 is 11.5 Å². The maximum atomic E-state index is 11.3. The zero-order valence-electron chi connectivity index (χ0n) is 7.97. The number of nitrogens with one attached hydrogen (secondary N) is 1. The van der Waals surface area contributed by atoms with Crippen molar-refractivity contribution in [1.29, 1.82) is 0 Å². The maximum Gasteiger partial charge on any atom is 0.354 e. The molecule has 1 aromatic heterocycles. The molecule has 82 valence electrons. The smallest absolute Gasteiger partial charge is 0.354 e. The molecule has 1 amide bonds. The number of hydrogen-bond acceptors (Lipinski definition) is 5. The molecule has 0 radical (unpaired) electrons. The zero-order valence-corrected chi connectivity index (χ0v) is 8.78. The van der Waals surface area contributed by atoms with Gasteiger partial charge in [0.15, 0.2) is 0 Å². The Labute approximate surface area is 90.0 Å². The fourth-order valence-electron chi connectivity index (χ4n) is 0.910. The fraction of sp³-hybridized carbons (Fsp3) is 0.375. The molecule has 0 saturated carbocycles. The van der Waals surface area contributed by atoms with Crippen LogP contribution in [0.2, 0.25) is 0 Å². The molecule has 0 fully saturated rings. The first kappa shape index (κ1) is 11.6. The van der Waals surface area contributed by atoms with Gasteiger partial charge in [-0.1, -0.05) is 0 Å². The molecule has 0 aliphatic carbocycles.